The Bertz CT molecular complexity index is 1490. The fourth-order valence-corrected chi connectivity index (χ4v) is 12.6. The standard InChI is InChI=1S/C39H55NO6S/c1-22(2)31-26(41)19-39(40-33(43)23-14-18-47-21-23)17-11-25-24(32(31)39)9-10-28-37(25,7)15-12-27-36(5,6)29(13-16-38(27,28)8)46-30(42)20-35(3,4)34(44)45/h14,18,21-22,24-25,27-29H,9-13,15-17,19-20H2,1-8H3,(H,40,43)(H,44,45)/t24?,25?,27?,28?,29-,37-,38-,39+/m0/s1. The van der Waals surface area contributed by atoms with Crippen LogP contribution in [0.4, 0.5) is 0 Å². The summed E-state index contributed by atoms with van der Waals surface area (Å²) in [6.07, 6.45) is 7.88. The molecule has 6 rings (SSSR count). The Morgan fingerprint density at radius 2 is 1.70 bits per heavy atom. The van der Waals surface area contributed by atoms with Crippen LogP contribution in [0.25, 0.3) is 0 Å². The van der Waals surface area contributed by atoms with Gasteiger partial charge in [0.15, 0.2) is 5.78 Å². The summed E-state index contributed by atoms with van der Waals surface area (Å²) >= 11 is 1.52. The predicted molar refractivity (Wildman–Crippen MR) is 183 cm³/mol. The van der Waals surface area contributed by atoms with Crippen molar-refractivity contribution in [3.63, 3.8) is 0 Å². The van der Waals surface area contributed by atoms with E-state index < -0.39 is 22.9 Å². The van der Waals surface area contributed by atoms with Crippen LogP contribution in [0, 0.1) is 51.2 Å². The van der Waals surface area contributed by atoms with Crippen LogP contribution >= 0.6 is 11.3 Å². The predicted octanol–water partition coefficient (Wildman–Crippen LogP) is 8.23. The van der Waals surface area contributed by atoms with Gasteiger partial charge in [-0.05, 0) is 128 Å². The van der Waals surface area contributed by atoms with Crippen molar-refractivity contribution in [1.29, 1.82) is 0 Å². The van der Waals surface area contributed by atoms with Crippen LogP contribution in [0.2, 0.25) is 0 Å². The Labute approximate surface area is 284 Å². The van der Waals surface area contributed by atoms with E-state index in [2.05, 4.69) is 46.9 Å². The number of hydrogen-bond acceptors (Lipinski definition) is 6. The number of ether oxygens (including phenoxy) is 1. The number of aliphatic carboxylic acids is 1. The van der Waals surface area contributed by atoms with Crippen molar-refractivity contribution in [2.24, 2.45) is 51.2 Å². The van der Waals surface area contributed by atoms with E-state index in [9.17, 15) is 24.3 Å². The summed E-state index contributed by atoms with van der Waals surface area (Å²) in [5, 5.41) is 16.8. The van der Waals surface area contributed by atoms with Crippen molar-refractivity contribution < 1.29 is 29.0 Å². The molecule has 1 amide bonds. The van der Waals surface area contributed by atoms with Crippen LogP contribution in [0.15, 0.2) is 28.0 Å². The number of carboxylic acids is 1. The molecule has 47 heavy (non-hydrogen) atoms. The SMILES string of the molecule is CC(C)C1=C2C3CCC4[C@@](C)(CCC5C(C)(C)[C@@H](OC(=O)CC(C)(C)C(=O)O)CC[C@@]54C)C3CC[C@@]2(NC(=O)c2ccsc2)CC1=O. The third-order valence-electron chi connectivity index (χ3n) is 14.1. The molecule has 4 fully saturated rings. The molecule has 1 heterocycles. The van der Waals surface area contributed by atoms with Gasteiger partial charge in [-0.2, -0.15) is 11.3 Å². The average Bonchev–Trinajstić information content (AvgIpc) is 3.60. The molecule has 5 aliphatic rings. The Morgan fingerprint density at radius 3 is 2.34 bits per heavy atom. The number of amides is 1. The van der Waals surface area contributed by atoms with Gasteiger partial charge in [0.05, 0.1) is 22.9 Å². The zero-order valence-corrected chi connectivity index (χ0v) is 30.5. The summed E-state index contributed by atoms with van der Waals surface area (Å²) in [4.78, 5) is 51.9. The van der Waals surface area contributed by atoms with Crippen molar-refractivity contribution in [3.8, 4) is 0 Å². The Balaban J connectivity index is 1.27. The monoisotopic (exact) mass is 665 g/mol. The number of carbonyl (C=O) groups is 4. The highest BCUT2D eigenvalue weighted by Gasteiger charge is 2.67. The van der Waals surface area contributed by atoms with E-state index in [0.29, 0.717) is 35.7 Å². The zero-order chi connectivity index (χ0) is 34.3. The van der Waals surface area contributed by atoms with Crippen LogP contribution in [0.3, 0.4) is 0 Å². The van der Waals surface area contributed by atoms with Crippen LogP contribution in [-0.4, -0.2) is 40.4 Å². The van der Waals surface area contributed by atoms with E-state index in [1.165, 1.54) is 16.9 Å². The minimum Gasteiger partial charge on any atom is -0.481 e. The second-order valence-electron chi connectivity index (χ2n) is 17.8. The molecule has 1 aromatic heterocycles. The fraction of sp³-hybridized carbons (Fsp3) is 0.744. The molecule has 0 saturated heterocycles. The van der Waals surface area contributed by atoms with E-state index in [0.717, 1.165) is 56.9 Å². The van der Waals surface area contributed by atoms with Crippen LogP contribution in [-0.2, 0) is 19.1 Å². The lowest BCUT2D eigenvalue weighted by molar-refractivity contribution is -0.213. The number of fused-ring (bicyclic) bond motifs is 7. The molecule has 258 valence electrons. The molecule has 0 radical (unpaired) electrons. The quantitative estimate of drug-likeness (QED) is 0.284. The number of thiophene rings is 1. The number of carboxylic acid groups (broad SMARTS) is 1. The number of hydrogen-bond donors (Lipinski definition) is 2. The van der Waals surface area contributed by atoms with Crippen LogP contribution in [0.1, 0.15) is 130 Å². The van der Waals surface area contributed by atoms with Gasteiger partial charge in [-0.25, -0.2) is 0 Å². The largest absolute Gasteiger partial charge is 0.481 e. The van der Waals surface area contributed by atoms with Gasteiger partial charge < -0.3 is 15.2 Å². The maximum atomic E-state index is 13.7. The smallest absolute Gasteiger partial charge is 0.309 e. The minimum atomic E-state index is -1.16. The minimum absolute atomic E-state index is 0.0702. The molecule has 4 unspecified atom stereocenters. The van der Waals surface area contributed by atoms with Gasteiger partial charge in [0.1, 0.15) is 6.10 Å². The van der Waals surface area contributed by atoms with E-state index in [-0.39, 0.29) is 46.4 Å². The molecular weight excluding hydrogens is 610 g/mol. The summed E-state index contributed by atoms with van der Waals surface area (Å²) in [5.74, 6) is 0.503. The van der Waals surface area contributed by atoms with Gasteiger partial charge in [0, 0.05) is 17.2 Å². The summed E-state index contributed by atoms with van der Waals surface area (Å²) in [6.45, 7) is 17.0. The van der Waals surface area contributed by atoms with E-state index in [1.807, 2.05) is 16.8 Å². The number of rotatable bonds is 7. The van der Waals surface area contributed by atoms with Crippen molar-refractivity contribution in [3.05, 3.63) is 33.5 Å². The topological polar surface area (TPSA) is 110 Å². The van der Waals surface area contributed by atoms with Gasteiger partial charge in [-0.15, -0.1) is 0 Å². The number of carbonyl (C=O) groups excluding carboxylic acids is 3. The Hall–Kier alpha value is -2.48. The van der Waals surface area contributed by atoms with Crippen molar-refractivity contribution in [2.45, 2.75) is 131 Å². The molecule has 8 heteroatoms. The van der Waals surface area contributed by atoms with Crippen LogP contribution < -0.4 is 5.32 Å². The molecule has 0 aliphatic heterocycles. The lowest BCUT2D eigenvalue weighted by Crippen LogP contribution is -2.64. The van der Waals surface area contributed by atoms with Gasteiger partial charge in [-0.3, -0.25) is 19.2 Å². The van der Waals surface area contributed by atoms with Gasteiger partial charge in [0.25, 0.3) is 5.91 Å². The molecule has 5 aliphatic carbocycles. The van der Waals surface area contributed by atoms with Gasteiger partial charge >= 0.3 is 11.9 Å². The summed E-state index contributed by atoms with van der Waals surface area (Å²) in [6, 6.07) is 1.87. The molecule has 8 atom stereocenters. The zero-order valence-electron chi connectivity index (χ0n) is 29.7. The maximum Gasteiger partial charge on any atom is 0.309 e. The highest BCUT2D eigenvalue weighted by atomic mass is 32.1. The number of esters is 1. The maximum absolute atomic E-state index is 13.7. The van der Waals surface area contributed by atoms with Crippen LogP contribution in [0.5, 0.6) is 0 Å². The summed E-state index contributed by atoms with van der Waals surface area (Å²) in [7, 11) is 0. The first-order chi connectivity index (χ1) is 21.9. The van der Waals surface area contributed by atoms with Gasteiger partial charge in [0.2, 0.25) is 0 Å². The van der Waals surface area contributed by atoms with E-state index in [1.54, 1.807) is 13.8 Å². The van der Waals surface area contributed by atoms with E-state index in [4.69, 9.17) is 4.74 Å². The first-order valence-corrected chi connectivity index (χ1v) is 18.9. The van der Waals surface area contributed by atoms with Gasteiger partial charge in [-0.1, -0.05) is 41.5 Å². The normalized spacial score (nSPS) is 37.8. The number of Topliss-reactive ketones (excluding diaryl/α,β-unsaturated/α-hetero) is 1. The first kappa shape index (κ1) is 34.4. The second kappa shape index (κ2) is 11.6. The molecular formula is C39H55NO6S. The third-order valence-corrected chi connectivity index (χ3v) is 14.8. The average molecular weight is 666 g/mol. The first-order valence-electron chi connectivity index (χ1n) is 17.9. The summed E-state index contributed by atoms with van der Waals surface area (Å²) < 4.78 is 6.12. The lowest BCUT2D eigenvalue weighted by atomic mass is 9.37. The molecule has 1 aromatic rings. The Morgan fingerprint density at radius 1 is 1.00 bits per heavy atom. The Kier molecular flexibility index (Phi) is 8.45. The second-order valence-corrected chi connectivity index (χ2v) is 18.6. The lowest BCUT2D eigenvalue weighted by Gasteiger charge is -2.68. The van der Waals surface area contributed by atoms with Crippen molar-refractivity contribution in [2.75, 3.05) is 0 Å². The molecule has 4 saturated carbocycles. The molecule has 2 N–H and O–H groups in total. The summed E-state index contributed by atoms with van der Waals surface area (Å²) in [5.41, 5.74) is 1.14. The molecule has 0 aromatic carbocycles. The molecule has 7 nitrogen and oxygen atoms in total. The van der Waals surface area contributed by atoms with Crippen molar-refractivity contribution in [1.82, 2.24) is 5.32 Å². The number of nitrogens with one attached hydrogen (secondary N) is 1. The highest BCUT2D eigenvalue weighted by Crippen LogP contribution is 2.72. The number of allylic oxidation sites excluding steroid dienone is 1. The van der Waals surface area contributed by atoms with E-state index >= 15 is 0 Å². The van der Waals surface area contributed by atoms with Crippen molar-refractivity contribution >= 4 is 35.0 Å². The molecule has 0 bridgehead atoms. The fourth-order valence-electron chi connectivity index (χ4n) is 11.9. The number of ketones is 1. The highest BCUT2D eigenvalue weighted by molar-refractivity contribution is 7.08. The molecule has 0 spiro atoms. The third kappa shape index (κ3) is 5.34.